The third kappa shape index (κ3) is 2.10. The van der Waals surface area contributed by atoms with Gasteiger partial charge in [0.2, 0.25) is 5.95 Å². The van der Waals surface area contributed by atoms with E-state index in [4.69, 9.17) is 15.9 Å². The van der Waals surface area contributed by atoms with Gasteiger partial charge in [-0.3, -0.25) is 0 Å². The van der Waals surface area contributed by atoms with Gasteiger partial charge in [-0.2, -0.15) is 4.98 Å². The van der Waals surface area contributed by atoms with Gasteiger partial charge in [0.15, 0.2) is 0 Å². The molecule has 5 nitrogen and oxygen atoms in total. The number of nitrogens with zero attached hydrogens (tertiary/aromatic N) is 2. The van der Waals surface area contributed by atoms with E-state index in [-0.39, 0.29) is 5.95 Å². The van der Waals surface area contributed by atoms with Gasteiger partial charge >= 0.3 is 0 Å². The Morgan fingerprint density at radius 3 is 2.68 bits per heavy atom. The molecular weight excluding hydrogens is 240 g/mol. The number of nitrogens with two attached hydrogens (primary N) is 2. The molecule has 0 radical (unpaired) electrons. The van der Waals surface area contributed by atoms with Crippen molar-refractivity contribution in [1.29, 1.82) is 0 Å². The van der Waals surface area contributed by atoms with Crippen LogP contribution in [-0.4, -0.2) is 9.97 Å². The van der Waals surface area contributed by atoms with E-state index in [2.05, 4.69) is 9.97 Å². The van der Waals surface area contributed by atoms with Crippen molar-refractivity contribution >= 4 is 22.7 Å². The van der Waals surface area contributed by atoms with E-state index in [1.807, 2.05) is 37.3 Å². The maximum absolute atomic E-state index is 5.95. The summed E-state index contributed by atoms with van der Waals surface area (Å²) in [7, 11) is 0. The monoisotopic (exact) mass is 254 g/mol. The number of rotatable bonds is 2. The summed E-state index contributed by atoms with van der Waals surface area (Å²) in [5, 5.41) is 0.839. The van der Waals surface area contributed by atoms with Crippen LogP contribution in [0.25, 0.3) is 10.9 Å². The lowest BCUT2D eigenvalue weighted by molar-refractivity contribution is 0.493. The first kappa shape index (κ1) is 11.5. The molecule has 0 amide bonds. The summed E-state index contributed by atoms with van der Waals surface area (Å²) in [4.78, 5) is 8.22. The second kappa shape index (κ2) is 4.28. The van der Waals surface area contributed by atoms with Crippen molar-refractivity contribution in [3.63, 3.8) is 0 Å². The number of hydrogen-bond donors (Lipinski definition) is 2. The van der Waals surface area contributed by atoms with E-state index in [1.54, 1.807) is 0 Å². The highest BCUT2D eigenvalue weighted by Gasteiger charge is 2.10. The summed E-state index contributed by atoms with van der Waals surface area (Å²) in [5.41, 5.74) is 13.4. The number of anilines is 2. The zero-order valence-corrected chi connectivity index (χ0v) is 10.6. The van der Waals surface area contributed by atoms with Crippen LogP contribution in [0.1, 0.15) is 17.1 Å². The second-order valence-electron chi connectivity index (χ2n) is 4.47. The number of aromatic nitrogens is 2. The molecule has 0 saturated heterocycles. The molecule has 2 heterocycles. The second-order valence-corrected chi connectivity index (χ2v) is 4.47. The third-order valence-corrected chi connectivity index (χ3v) is 3.02. The van der Waals surface area contributed by atoms with Gasteiger partial charge < -0.3 is 15.9 Å². The van der Waals surface area contributed by atoms with Crippen molar-refractivity contribution in [2.45, 2.75) is 13.3 Å². The molecule has 0 saturated carbocycles. The minimum atomic E-state index is 0.191. The molecule has 0 spiro atoms. The number of furan rings is 1. The average molecular weight is 254 g/mol. The summed E-state index contributed by atoms with van der Waals surface area (Å²) in [6, 6.07) is 9.71. The Morgan fingerprint density at radius 1 is 1.11 bits per heavy atom. The van der Waals surface area contributed by atoms with Crippen LogP contribution in [-0.2, 0) is 6.42 Å². The normalized spacial score (nSPS) is 11.0. The van der Waals surface area contributed by atoms with Crippen molar-refractivity contribution in [3.05, 3.63) is 47.4 Å². The van der Waals surface area contributed by atoms with Crippen LogP contribution in [0.2, 0.25) is 0 Å². The Kier molecular flexibility index (Phi) is 2.59. The summed E-state index contributed by atoms with van der Waals surface area (Å²) >= 11 is 0. The highest BCUT2D eigenvalue weighted by Crippen LogP contribution is 2.25. The average Bonchev–Trinajstić information content (AvgIpc) is 2.74. The van der Waals surface area contributed by atoms with Gasteiger partial charge in [-0.05, 0) is 30.7 Å². The number of nitrogen functional groups attached to an aromatic ring is 2. The molecule has 1 aromatic carbocycles. The van der Waals surface area contributed by atoms with Crippen LogP contribution >= 0.6 is 0 Å². The van der Waals surface area contributed by atoms with E-state index in [0.717, 1.165) is 28.0 Å². The molecule has 0 unspecified atom stereocenters. The van der Waals surface area contributed by atoms with Crippen molar-refractivity contribution in [1.82, 2.24) is 9.97 Å². The zero-order chi connectivity index (χ0) is 13.4. The lowest BCUT2D eigenvalue weighted by atomic mass is 10.0. The fourth-order valence-corrected chi connectivity index (χ4v) is 2.22. The van der Waals surface area contributed by atoms with E-state index < -0.39 is 0 Å². The largest absolute Gasteiger partial charge is 0.466 e. The first-order valence-electron chi connectivity index (χ1n) is 5.99. The van der Waals surface area contributed by atoms with Gasteiger partial charge in [-0.1, -0.05) is 12.1 Å². The molecular formula is C14H14N4O. The van der Waals surface area contributed by atoms with E-state index in [9.17, 15) is 0 Å². The van der Waals surface area contributed by atoms with Gasteiger partial charge in [0.05, 0.1) is 5.52 Å². The predicted molar refractivity (Wildman–Crippen MR) is 74.6 cm³/mol. The molecule has 2 aromatic heterocycles. The van der Waals surface area contributed by atoms with Gasteiger partial charge in [0.25, 0.3) is 0 Å². The molecule has 4 N–H and O–H groups in total. The van der Waals surface area contributed by atoms with Crippen LogP contribution in [0.5, 0.6) is 0 Å². The summed E-state index contributed by atoms with van der Waals surface area (Å²) < 4.78 is 5.59. The predicted octanol–water partition coefficient (Wildman–Crippen LogP) is 2.29. The minimum Gasteiger partial charge on any atom is -0.466 e. The number of aryl methyl sites for hydroxylation is 1. The maximum Gasteiger partial charge on any atom is 0.222 e. The number of hydrogen-bond acceptors (Lipinski definition) is 5. The van der Waals surface area contributed by atoms with Crippen LogP contribution in [0, 0.1) is 6.92 Å². The fraction of sp³-hybridized carbons (Fsp3) is 0.143. The van der Waals surface area contributed by atoms with Crippen LogP contribution < -0.4 is 11.5 Å². The van der Waals surface area contributed by atoms with Crippen LogP contribution in [0.3, 0.4) is 0 Å². The molecule has 0 bridgehead atoms. The van der Waals surface area contributed by atoms with E-state index in [1.165, 1.54) is 0 Å². The third-order valence-electron chi connectivity index (χ3n) is 3.02. The standard InChI is InChI=1S/C14H14N4O/c1-8-5-6-10(19-8)7-9-3-2-4-11-12(9)13(15)18-14(16)17-11/h2-6H,7H2,1H3,(H4,15,16,17,18). The SMILES string of the molecule is Cc1ccc(Cc2cccc3nc(N)nc(N)c23)o1. The zero-order valence-electron chi connectivity index (χ0n) is 10.6. The Bertz CT molecular complexity index is 748. The molecule has 3 rings (SSSR count). The maximum atomic E-state index is 5.95. The summed E-state index contributed by atoms with van der Waals surface area (Å²) in [6.45, 7) is 1.92. The highest BCUT2D eigenvalue weighted by atomic mass is 16.3. The van der Waals surface area contributed by atoms with E-state index in [0.29, 0.717) is 12.2 Å². The summed E-state index contributed by atoms with van der Waals surface area (Å²) in [5.74, 6) is 2.38. The van der Waals surface area contributed by atoms with E-state index >= 15 is 0 Å². The first-order chi connectivity index (χ1) is 9.13. The van der Waals surface area contributed by atoms with Crippen LogP contribution in [0.4, 0.5) is 11.8 Å². The molecule has 0 aliphatic heterocycles. The lowest BCUT2D eigenvalue weighted by Gasteiger charge is -2.07. The Labute approximate surface area is 110 Å². The molecule has 3 aromatic rings. The molecule has 19 heavy (non-hydrogen) atoms. The Morgan fingerprint density at radius 2 is 1.95 bits per heavy atom. The van der Waals surface area contributed by atoms with Gasteiger partial charge in [-0.15, -0.1) is 0 Å². The first-order valence-corrected chi connectivity index (χ1v) is 5.99. The summed E-state index contributed by atoms with van der Waals surface area (Å²) in [6.07, 6.45) is 0.655. The number of fused-ring (bicyclic) bond motifs is 1. The van der Waals surface area contributed by atoms with Crippen molar-refractivity contribution in [3.8, 4) is 0 Å². The van der Waals surface area contributed by atoms with Gasteiger partial charge in [-0.25, -0.2) is 4.98 Å². The van der Waals surface area contributed by atoms with Gasteiger partial charge in [0, 0.05) is 11.8 Å². The van der Waals surface area contributed by atoms with Crippen LogP contribution in [0.15, 0.2) is 34.7 Å². The van der Waals surface area contributed by atoms with Crippen molar-refractivity contribution in [2.75, 3.05) is 11.5 Å². The molecule has 0 atom stereocenters. The van der Waals surface area contributed by atoms with Gasteiger partial charge in [0.1, 0.15) is 17.3 Å². The fourth-order valence-electron chi connectivity index (χ4n) is 2.22. The molecule has 0 fully saturated rings. The number of benzene rings is 1. The molecule has 0 aliphatic rings. The minimum absolute atomic E-state index is 0.191. The molecule has 0 aliphatic carbocycles. The Hall–Kier alpha value is -2.56. The Balaban J connectivity index is 2.13. The topological polar surface area (TPSA) is 91.0 Å². The highest BCUT2D eigenvalue weighted by molar-refractivity contribution is 5.92. The molecule has 96 valence electrons. The lowest BCUT2D eigenvalue weighted by Crippen LogP contribution is -2.02. The van der Waals surface area contributed by atoms with Crippen molar-refractivity contribution in [2.24, 2.45) is 0 Å². The van der Waals surface area contributed by atoms with Crippen molar-refractivity contribution < 1.29 is 4.42 Å². The molecule has 5 heteroatoms. The smallest absolute Gasteiger partial charge is 0.222 e. The quantitative estimate of drug-likeness (QED) is 0.732.